The minimum Gasteiger partial charge on any atom is -0.497 e. The number of hydrogen-bond donors (Lipinski definition) is 1. The summed E-state index contributed by atoms with van der Waals surface area (Å²) < 4.78 is 17.7. The van der Waals surface area contributed by atoms with Crippen LogP contribution in [0.1, 0.15) is 25.2 Å². The van der Waals surface area contributed by atoms with Crippen LogP contribution >= 0.6 is 0 Å². The van der Waals surface area contributed by atoms with E-state index in [4.69, 9.17) is 19.2 Å². The molecule has 0 spiro atoms. The molecule has 9 nitrogen and oxygen atoms in total. The largest absolute Gasteiger partial charge is 0.497 e. The van der Waals surface area contributed by atoms with E-state index in [0.29, 0.717) is 52.6 Å². The number of anilines is 1. The maximum absolute atomic E-state index is 13.9. The van der Waals surface area contributed by atoms with Gasteiger partial charge in [0.25, 0.3) is 5.56 Å². The number of carbonyl (C=O) groups is 1. The summed E-state index contributed by atoms with van der Waals surface area (Å²) in [5.74, 6) is 1.64. The highest BCUT2D eigenvalue weighted by atomic mass is 16.5. The molecule has 1 atom stereocenters. The van der Waals surface area contributed by atoms with Crippen LogP contribution in [0.3, 0.4) is 0 Å². The van der Waals surface area contributed by atoms with Crippen LogP contribution < -0.4 is 20.3 Å². The fraction of sp³-hybridized carbons (Fsp3) is 0.276. The molecule has 198 valence electrons. The van der Waals surface area contributed by atoms with Gasteiger partial charge < -0.3 is 24.4 Å². The fourth-order valence-electron chi connectivity index (χ4n) is 4.42. The van der Waals surface area contributed by atoms with Crippen molar-refractivity contribution in [3.63, 3.8) is 0 Å². The third-order valence-electron chi connectivity index (χ3n) is 6.33. The molecular weight excluding hydrogens is 484 g/mol. The number of nitrogens with zero attached hydrogens (tertiary/aromatic N) is 3. The van der Waals surface area contributed by atoms with Gasteiger partial charge in [0.1, 0.15) is 17.3 Å². The molecule has 38 heavy (non-hydrogen) atoms. The quantitative estimate of drug-likeness (QED) is 0.318. The Hall–Kier alpha value is -4.37. The topological polar surface area (TPSA) is 94.9 Å². The predicted octanol–water partition coefficient (Wildman–Crippen LogP) is 5.03. The molecule has 0 aliphatic carbocycles. The van der Waals surface area contributed by atoms with E-state index in [9.17, 15) is 9.59 Å². The molecule has 0 aliphatic heterocycles. The summed E-state index contributed by atoms with van der Waals surface area (Å²) in [5, 5.41) is 3.43. The summed E-state index contributed by atoms with van der Waals surface area (Å²) in [6.07, 6.45) is 0.500. The van der Waals surface area contributed by atoms with Gasteiger partial charge in [-0.25, -0.2) is 9.78 Å². The number of methoxy groups -OCH3 is 3. The zero-order valence-electron chi connectivity index (χ0n) is 22.0. The lowest BCUT2D eigenvalue weighted by Gasteiger charge is -2.32. The highest BCUT2D eigenvalue weighted by Gasteiger charge is 2.30. The molecule has 0 bridgehead atoms. The standard InChI is InChI=1S/C29H32N4O5/c1-5-24(32(18-19-36-2)29(35)30-20-14-16-21(37-3)17-15-20)27-31-23-11-7-6-10-22(23)28(34)33(27)25-12-8-9-13-26(25)38-4/h6-17,24H,5,18-19H2,1-4H3,(H,30,35). The van der Waals surface area contributed by atoms with Crippen molar-refractivity contribution in [3.8, 4) is 17.2 Å². The van der Waals surface area contributed by atoms with E-state index < -0.39 is 6.04 Å². The number of carbonyl (C=O) groups excluding carboxylic acids is 1. The Morgan fingerprint density at radius 2 is 1.68 bits per heavy atom. The van der Waals surface area contributed by atoms with Gasteiger partial charge in [-0.05, 0) is 55.0 Å². The van der Waals surface area contributed by atoms with Gasteiger partial charge in [0.05, 0.1) is 43.5 Å². The van der Waals surface area contributed by atoms with E-state index in [-0.39, 0.29) is 18.1 Å². The van der Waals surface area contributed by atoms with Gasteiger partial charge in [-0.2, -0.15) is 0 Å². The van der Waals surface area contributed by atoms with Crippen LogP contribution in [0, 0.1) is 0 Å². The Balaban J connectivity index is 1.86. The van der Waals surface area contributed by atoms with E-state index >= 15 is 0 Å². The van der Waals surface area contributed by atoms with Crippen molar-refractivity contribution in [2.24, 2.45) is 0 Å². The monoisotopic (exact) mass is 516 g/mol. The summed E-state index contributed by atoms with van der Waals surface area (Å²) in [6, 6.07) is 20.7. The molecule has 1 heterocycles. The van der Waals surface area contributed by atoms with Crippen molar-refractivity contribution in [1.82, 2.24) is 14.5 Å². The Kier molecular flexibility index (Phi) is 8.60. The first kappa shape index (κ1) is 26.7. The summed E-state index contributed by atoms with van der Waals surface area (Å²) in [6.45, 7) is 2.55. The number of fused-ring (bicyclic) bond motifs is 1. The number of rotatable bonds is 10. The van der Waals surface area contributed by atoms with E-state index in [0.717, 1.165) is 0 Å². The number of nitrogens with one attached hydrogen (secondary N) is 1. The molecule has 0 saturated carbocycles. The third kappa shape index (κ3) is 5.47. The number of benzene rings is 3. The van der Waals surface area contributed by atoms with Crippen LogP contribution in [0.2, 0.25) is 0 Å². The molecule has 0 radical (unpaired) electrons. The summed E-state index contributed by atoms with van der Waals surface area (Å²) in [7, 11) is 4.73. The normalized spacial score (nSPS) is 11.7. The smallest absolute Gasteiger partial charge is 0.322 e. The Labute approximate surface area is 221 Å². The highest BCUT2D eigenvalue weighted by Crippen LogP contribution is 2.30. The van der Waals surface area contributed by atoms with E-state index in [1.165, 1.54) is 0 Å². The van der Waals surface area contributed by atoms with Gasteiger partial charge in [-0.15, -0.1) is 0 Å². The average Bonchev–Trinajstić information content (AvgIpc) is 2.95. The summed E-state index contributed by atoms with van der Waals surface area (Å²) in [4.78, 5) is 34.1. The third-order valence-corrected chi connectivity index (χ3v) is 6.33. The highest BCUT2D eigenvalue weighted by molar-refractivity contribution is 5.89. The first-order chi connectivity index (χ1) is 18.5. The van der Waals surface area contributed by atoms with Crippen molar-refractivity contribution in [3.05, 3.63) is 89.0 Å². The fourth-order valence-corrected chi connectivity index (χ4v) is 4.42. The number of para-hydroxylation sites is 3. The molecule has 0 saturated heterocycles. The molecular formula is C29H32N4O5. The molecule has 4 rings (SSSR count). The lowest BCUT2D eigenvalue weighted by molar-refractivity contribution is 0.131. The number of hydrogen-bond acceptors (Lipinski definition) is 6. The minimum absolute atomic E-state index is 0.240. The van der Waals surface area contributed by atoms with Crippen LogP contribution in [0.15, 0.2) is 77.6 Å². The lowest BCUT2D eigenvalue weighted by atomic mass is 10.1. The van der Waals surface area contributed by atoms with Gasteiger partial charge in [-0.1, -0.05) is 31.2 Å². The molecule has 4 aromatic rings. The van der Waals surface area contributed by atoms with Gasteiger partial charge in [0.2, 0.25) is 0 Å². The van der Waals surface area contributed by atoms with Gasteiger partial charge in [0.15, 0.2) is 0 Å². The first-order valence-electron chi connectivity index (χ1n) is 12.4. The van der Waals surface area contributed by atoms with Crippen LogP contribution in [-0.4, -0.2) is 55.0 Å². The maximum atomic E-state index is 13.9. The van der Waals surface area contributed by atoms with E-state index in [1.54, 1.807) is 73.3 Å². The number of ether oxygens (including phenoxy) is 3. The number of amides is 2. The lowest BCUT2D eigenvalue weighted by Crippen LogP contribution is -2.42. The predicted molar refractivity (Wildman–Crippen MR) is 148 cm³/mol. The second-order valence-corrected chi connectivity index (χ2v) is 8.57. The van der Waals surface area contributed by atoms with Crippen LogP contribution in [0.4, 0.5) is 10.5 Å². The van der Waals surface area contributed by atoms with Crippen molar-refractivity contribution in [2.45, 2.75) is 19.4 Å². The van der Waals surface area contributed by atoms with Crippen LogP contribution in [0.5, 0.6) is 11.5 Å². The van der Waals surface area contributed by atoms with Crippen molar-refractivity contribution in [1.29, 1.82) is 0 Å². The second-order valence-electron chi connectivity index (χ2n) is 8.57. The molecule has 3 aromatic carbocycles. The Bertz CT molecular complexity index is 1450. The van der Waals surface area contributed by atoms with Gasteiger partial charge >= 0.3 is 6.03 Å². The molecule has 9 heteroatoms. The zero-order chi connectivity index (χ0) is 27.1. The molecule has 1 unspecified atom stereocenters. The Morgan fingerprint density at radius 3 is 2.37 bits per heavy atom. The SMILES string of the molecule is CCC(c1nc2ccccc2c(=O)n1-c1ccccc1OC)N(CCOC)C(=O)Nc1ccc(OC)cc1. The van der Waals surface area contributed by atoms with Gasteiger partial charge in [-0.3, -0.25) is 9.36 Å². The van der Waals surface area contributed by atoms with E-state index in [2.05, 4.69) is 5.32 Å². The molecule has 0 aliphatic rings. The molecule has 2 amide bonds. The summed E-state index contributed by atoms with van der Waals surface area (Å²) in [5.41, 5.74) is 1.48. The van der Waals surface area contributed by atoms with Gasteiger partial charge in [0, 0.05) is 19.3 Å². The van der Waals surface area contributed by atoms with Crippen molar-refractivity contribution in [2.75, 3.05) is 39.8 Å². The number of aromatic nitrogens is 2. The molecule has 1 aromatic heterocycles. The van der Waals surface area contributed by atoms with E-state index in [1.807, 2.05) is 37.3 Å². The first-order valence-corrected chi connectivity index (χ1v) is 12.4. The Morgan fingerprint density at radius 1 is 0.974 bits per heavy atom. The maximum Gasteiger partial charge on any atom is 0.322 e. The molecule has 0 fully saturated rings. The number of urea groups is 1. The van der Waals surface area contributed by atoms with Crippen LogP contribution in [0.25, 0.3) is 16.6 Å². The molecule has 1 N–H and O–H groups in total. The second kappa shape index (κ2) is 12.2. The summed E-state index contributed by atoms with van der Waals surface area (Å²) >= 11 is 0. The average molecular weight is 517 g/mol. The zero-order valence-corrected chi connectivity index (χ0v) is 22.0. The minimum atomic E-state index is -0.550. The van der Waals surface area contributed by atoms with Crippen molar-refractivity contribution < 1.29 is 19.0 Å². The van der Waals surface area contributed by atoms with Crippen molar-refractivity contribution >= 4 is 22.6 Å². The van der Waals surface area contributed by atoms with Crippen LogP contribution in [-0.2, 0) is 4.74 Å².